The minimum absolute atomic E-state index is 0.181. The first-order chi connectivity index (χ1) is 8.97. The van der Waals surface area contributed by atoms with Crippen LogP contribution in [0.15, 0.2) is 18.2 Å². The summed E-state index contributed by atoms with van der Waals surface area (Å²) in [6.45, 7) is 0.181. The maximum atomic E-state index is 12.2. The Morgan fingerprint density at radius 2 is 1.79 bits per heavy atom. The minimum Gasteiger partial charge on any atom is -0.391 e. The fraction of sp³-hybridized carbons (Fsp3) is 0.333. The summed E-state index contributed by atoms with van der Waals surface area (Å²) in [5.74, 6) is -0.347. The van der Waals surface area contributed by atoms with Gasteiger partial charge in [0, 0.05) is 23.0 Å². The molecule has 2 atom stereocenters. The molecule has 0 aliphatic carbocycles. The number of carbonyl (C=O) groups excluding carboxylic acids is 2. The number of urea groups is 1. The lowest BCUT2D eigenvalue weighted by atomic mass is 10.2. The SMILES string of the molecule is O=C1[C@@H]2C[C@H](O)CN2C(=O)N1c1cc(Cl)cc(Cl)c1. The van der Waals surface area contributed by atoms with Crippen LogP contribution in [-0.2, 0) is 4.79 Å². The quantitative estimate of drug-likeness (QED) is 0.806. The summed E-state index contributed by atoms with van der Waals surface area (Å²) in [7, 11) is 0. The first-order valence-electron chi connectivity index (χ1n) is 5.76. The number of amides is 3. The van der Waals surface area contributed by atoms with Crippen molar-refractivity contribution in [3.05, 3.63) is 28.2 Å². The predicted molar refractivity (Wildman–Crippen MR) is 70.5 cm³/mol. The Balaban J connectivity index is 1.98. The zero-order valence-electron chi connectivity index (χ0n) is 9.72. The molecule has 2 fully saturated rings. The van der Waals surface area contributed by atoms with Gasteiger partial charge < -0.3 is 10.0 Å². The van der Waals surface area contributed by atoms with Crippen LogP contribution >= 0.6 is 23.2 Å². The first-order valence-corrected chi connectivity index (χ1v) is 6.51. The van der Waals surface area contributed by atoms with E-state index in [1.807, 2.05) is 0 Å². The Labute approximate surface area is 119 Å². The molecule has 1 N–H and O–H groups in total. The lowest BCUT2D eigenvalue weighted by molar-refractivity contribution is -0.119. The van der Waals surface area contributed by atoms with Gasteiger partial charge in [-0.3, -0.25) is 4.79 Å². The molecule has 2 aliphatic rings. The average molecular weight is 301 g/mol. The van der Waals surface area contributed by atoms with E-state index in [4.69, 9.17) is 23.2 Å². The van der Waals surface area contributed by atoms with Crippen LogP contribution in [0.3, 0.4) is 0 Å². The summed E-state index contributed by atoms with van der Waals surface area (Å²) in [4.78, 5) is 26.9. The van der Waals surface area contributed by atoms with Gasteiger partial charge in [-0.25, -0.2) is 9.69 Å². The van der Waals surface area contributed by atoms with E-state index in [1.54, 1.807) is 0 Å². The number of nitrogens with zero attached hydrogens (tertiary/aromatic N) is 2. The molecule has 2 heterocycles. The van der Waals surface area contributed by atoms with Gasteiger partial charge in [-0.15, -0.1) is 0 Å². The minimum atomic E-state index is -0.636. The number of aliphatic hydroxyl groups is 1. The maximum absolute atomic E-state index is 12.2. The van der Waals surface area contributed by atoms with Crippen LogP contribution in [0, 0.1) is 0 Å². The third-order valence-corrected chi connectivity index (χ3v) is 3.76. The fourth-order valence-electron chi connectivity index (χ4n) is 2.54. The van der Waals surface area contributed by atoms with Gasteiger partial charge in [0.1, 0.15) is 6.04 Å². The lowest BCUT2D eigenvalue weighted by Crippen LogP contribution is -2.35. The maximum Gasteiger partial charge on any atom is 0.332 e. The number of hydrogen-bond acceptors (Lipinski definition) is 3. The summed E-state index contributed by atoms with van der Waals surface area (Å²) < 4.78 is 0. The van der Waals surface area contributed by atoms with E-state index in [2.05, 4.69) is 0 Å². The molecule has 1 aromatic carbocycles. The van der Waals surface area contributed by atoms with Crippen molar-refractivity contribution in [1.82, 2.24) is 4.90 Å². The molecule has 1 aromatic rings. The molecule has 2 saturated heterocycles. The smallest absolute Gasteiger partial charge is 0.332 e. The largest absolute Gasteiger partial charge is 0.391 e. The Morgan fingerprint density at radius 1 is 1.16 bits per heavy atom. The summed E-state index contributed by atoms with van der Waals surface area (Å²) >= 11 is 11.8. The van der Waals surface area contributed by atoms with Crippen LogP contribution in [0.5, 0.6) is 0 Å². The van der Waals surface area contributed by atoms with Gasteiger partial charge in [0.15, 0.2) is 0 Å². The molecule has 0 spiro atoms. The van der Waals surface area contributed by atoms with Gasteiger partial charge in [-0.05, 0) is 18.2 Å². The van der Waals surface area contributed by atoms with Crippen LogP contribution in [0.25, 0.3) is 0 Å². The van der Waals surface area contributed by atoms with Crippen LogP contribution in [0.2, 0.25) is 10.0 Å². The van der Waals surface area contributed by atoms with Crippen molar-refractivity contribution in [2.75, 3.05) is 11.4 Å². The first kappa shape index (κ1) is 12.7. The highest BCUT2D eigenvalue weighted by Gasteiger charge is 2.50. The van der Waals surface area contributed by atoms with Gasteiger partial charge in [-0.2, -0.15) is 0 Å². The molecule has 0 radical (unpaired) electrons. The standard InChI is InChI=1S/C12H10Cl2N2O3/c13-6-1-7(14)3-8(2-6)16-11(18)10-4-9(17)5-15(10)12(16)19/h1-3,9-10,17H,4-5H2/t9-,10-/m0/s1. The van der Waals surface area contributed by atoms with Gasteiger partial charge in [-0.1, -0.05) is 23.2 Å². The Hall–Kier alpha value is -1.30. The molecule has 2 aliphatic heterocycles. The molecule has 0 bridgehead atoms. The molecule has 0 unspecified atom stereocenters. The van der Waals surface area contributed by atoms with Gasteiger partial charge in [0.25, 0.3) is 5.91 Å². The van der Waals surface area contributed by atoms with Crippen molar-refractivity contribution < 1.29 is 14.7 Å². The summed E-state index contributed by atoms with van der Waals surface area (Å²) in [6, 6.07) is 3.54. The zero-order valence-corrected chi connectivity index (χ0v) is 11.2. The number of rotatable bonds is 1. The van der Waals surface area contributed by atoms with E-state index < -0.39 is 18.2 Å². The molecule has 3 amide bonds. The fourth-order valence-corrected chi connectivity index (χ4v) is 3.05. The third kappa shape index (κ3) is 1.98. The molecular formula is C12H10Cl2N2O3. The van der Waals surface area contributed by atoms with Gasteiger partial charge in [0.2, 0.25) is 0 Å². The van der Waals surface area contributed by atoms with Crippen molar-refractivity contribution in [1.29, 1.82) is 0 Å². The van der Waals surface area contributed by atoms with Crippen LogP contribution in [0.1, 0.15) is 6.42 Å². The molecule has 0 aromatic heterocycles. The second kappa shape index (κ2) is 4.37. The van der Waals surface area contributed by atoms with Crippen molar-refractivity contribution in [3.8, 4) is 0 Å². The highest BCUT2D eigenvalue weighted by molar-refractivity contribution is 6.35. The number of anilines is 1. The molecular weight excluding hydrogens is 291 g/mol. The monoisotopic (exact) mass is 300 g/mol. The lowest BCUT2D eigenvalue weighted by Gasteiger charge is -2.16. The Bertz CT molecular complexity index is 534. The summed E-state index contributed by atoms with van der Waals surface area (Å²) in [6.07, 6.45) is -0.363. The Morgan fingerprint density at radius 3 is 2.37 bits per heavy atom. The number of halogens is 2. The van der Waals surface area contributed by atoms with E-state index >= 15 is 0 Å². The van der Waals surface area contributed by atoms with E-state index in [1.165, 1.54) is 23.1 Å². The molecule has 19 heavy (non-hydrogen) atoms. The van der Waals surface area contributed by atoms with Gasteiger partial charge >= 0.3 is 6.03 Å². The van der Waals surface area contributed by atoms with Crippen LogP contribution < -0.4 is 4.90 Å². The second-order valence-corrected chi connectivity index (χ2v) is 5.51. The number of fused-ring (bicyclic) bond motifs is 1. The van der Waals surface area contributed by atoms with Crippen molar-refractivity contribution >= 4 is 40.8 Å². The van der Waals surface area contributed by atoms with E-state index in [0.717, 1.165) is 4.90 Å². The summed E-state index contributed by atoms with van der Waals surface area (Å²) in [5, 5.41) is 10.2. The molecule has 5 nitrogen and oxygen atoms in total. The number of benzene rings is 1. The van der Waals surface area contributed by atoms with Crippen molar-refractivity contribution in [2.24, 2.45) is 0 Å². The molecule has 0 saturated carbocycles. The van der Waals surface area contributed by atoms with Crippen molar-refractivity contribution in [3.63, 3.8) is 0 Å². The predicted octanol–water partition coefficient (Wildman–Crippen LogP) is 1.90. The van der Waals surface area contributed by atoms with Gasteiger partial charge in [0.05, 0.1) is 11.8 Å². The second-order valence-electron chi connectivity index (χ2n) is 4.64. The summed E-state index contributed by atoms with van der Waals surface area (Å²) in [5.41, 5.74) is 0.358. The van der Waals surface area contributed by atoms with E-state index in [-0.39, 0.29) is 18.9 Å². The normalized spacial score (nSPS) is 26.3. The third-order valence-electron chi connectivity index (χ3n) is 3.33. The highest BCUT2D eigenvalue weighted by atomic mass is 35.5. The molecule has 3 rings (SSSR count). The number of hydrogen-bond donors (Lipinski definition) is 1. The number of imide groups is 1. The topological polar surface area (TPSA) is 60.9 Å². The van der Waals surface area contributed by atoms with Crippen LogP contribution in [0.4, 0.5) is 10.5 Å². The average Bonchev–Trinajstić information content (AvgIpc) is 2.78. The Kier molecular flexibility index (Phi) is 2.92. The number of carbonyl (C=O) groups is 2. The molecule has 7 heteroatoms. The highest BCUT2D eigenvalue weighted by Crippen LogP contribution is 2.34. The van der Waals surface area contributed by atoms with Crippen molar-refractivity contribution in [2.45, 2.75) is 18.6 Å². The molecule has 100 valence electrons. The van der Waals surface area contributed by atoms with E-state index in [0.29, 0.717) is 15.7 Å². The van der Waals surface area contributed by atoms with E-state index in [9.17, 15) is 14.7 Å². The zero-order chi connectivity index (χ0) is 13.7. The van der Waals surface area contributed by atoms with Crippen LogP contribution in [-0.4, -0.2) is 40.6 Å². The number of aliphatic hydroxyl groups excluding tert-OH is 1.